The number of nitrogens with zero attached hydrogens (tertiary/aromatic N) is 4. The molecule has 4 N–H and O–H groups in total. The summed E-state index contributed by atoms with van der Waals surface area (Å²) in [5.41, 5.74) is 5.76. The number of aromatic nitrogens is 4. The van der Waals surface area contributed by atoms with Crippen LogP contribution in [0.25, 0.3) is 22.0 Å². The van der Waals surface area contributed by atoms with E-state index in [1.807, 2.05) is 41.6 Å². The number of nitrogens with one attached hydrogen (secondary N) is 3. The summed E-state index contributed by atoms with van der Waals surface area (Å²) < 4.78 is 14.3. The Labute approximate surface area is 206 Å². The SMILES string of the molecule is CC(C)Nc1cncc(-c2ccc3[nH]nc(C4Nc5ncccc5N4c4cc(O)cc(F)c4)c3c2)c1. The molecule has 0 spiro atoms. The van der Waals surface area contributed by atoms with E-state index in [2.05, 4.69) is 56.8 Å². The van der Waals surface area contributed by atoms with Crippen LogP contribution < -0.4 is 15.5 Å². The molecule has 1 aliphatic rings. The lowest BCUT2D eigenvalue weighted by Crippen LogP contribution is -2.24. The molecule has 4 heterocycles. The third-order valence-corrected chi connectivity index (χ3v) is 6.10. The van der Waals surface area contributed by atoms with Crippen molar-refractivity contribution in [1.82, 2.24) is 20.2 Å². The van der Waals surface area contributed by atoms with E-state index in [-0.39, 0.29) is 5.75 Å². The lowest BCUT2D eigenvalue weighted by molar-refractivity contribution is 0.469. The molecule has 1 aliphatic heterocycles. The minimum atomic E-state index is -0.530. The summed E-state index contributed by atoms with van der Waals surface area (Å²) in [6, 6.07) is 16.2. The van der Waals surface area contributed by atoms with E-state index in [9.17, 15) is 9.50 Å². The van der Waals surface area contributed by atoms with Gasteiger partial charge in [0.2, 0.25) is 0 Å². The number of rotatable bonds is 5. The first-order valence-corrected chi connectivity index (χ1v) is 11.7. The van der Waals surface area contributed by atoms with Gasteiger partial charge in [0, 0.05) is 47.7 Å². The molecule has 6 rings (SSSR count). The third-order valence-electron chi connectivity index (χ3n) is 6.10. The monoisotopic (exact) mass is 481 g/mol. The van der Waals surface area contributed by atoms with Crippen LogP contribution in [0.15, 0.2) is 73.2 Å². The van der Waals surface area contributed by atoms with Gasteiger partial charge in [-0.2, -0.15) is 5.10 Å². The van der Waals surface area contributed by atoms with E-state index >= 15 is 0 Å². The van der Waals surface area contributed by atoms with Gasteiger partial charge in [-0.05, 0) is 55.8 Å². The molecule has 0 saturated heterocycles. The van der Waals surface area contributed by atoms with E-state index in [4.69, 9.17) is 0 Å². The average Bonchev–Trinajstić information content (AvgIpc) is 3.44. The average molecular weight is 482 g/mol. The summed E-state index contributed by atoms with van der Waals surface area (Å²) in [7, 11) is 0. The first-order valence-electron chi connectivity index (χ1n) is 11.7. The van der Waals surface area contributed by atoms with Gasteiger partial charge in [-0.15, -0.1) is 0 Å². The zero-order valence-corrected chi connectivity index (χ0v) is 19.7. The number of aromatic hydroxyl groups is 1. The lowest BCUT2D eigenvalue weighted by atomic mass is 10.0. The van der Waals surface area contributed by atoms with Crippen LogP contribution in [0.2, 0.25) is 0 Å². The maximum absolute atomic E-state index is 14.3. The van der Waals surface area contributed by atoms with Gasteiger partial charge >= 0.3 is 0 Å². The standard InChI is InChI=1S/C27H24FN7O/c1-15(2)31-19-8-17(13-29-14-19)16-5-6-23-22(9-16)25(34-33-23)27-32-26-24(4-3-7-30-26)35(27)20-10-18(28)11-21(36)12-20/h3-15,27,31,36H,1-2H3,(H,30,32)(H,33,34). The van der Waals surface area contributed by atoms with Crippen LogP contribution in [0.4, 0.5) is 27.3 Å². The van der Waals surface area contributed by atoms with Crippen molar-refractivity contribution >= 4 is 33.8 Å². The molecule has 9 heteroatoms. The molecule has 0 amide bonds. The van der Waals surface area contributed by atoms with Gasteiger partial charge in [-0.25, -0.2) is 9.37 Å². The smallest absolute Gasteiger partial charge is 0.151 e. The molecule has 36 heavy (non-hydrogen) atoms. The third kappa shape index (κ3) is 3.84. The first kappa shape index (κ1) is 21.8. The van der Waals surface area contributed by atoms with E-state index in [1.54, 1.807) is 6.20 Å². The Kier molecular flexibility index (Phi) is 5.18. The zero-order chi connectivity index (χ0) is 24.8. The van der Waals surface area contributed by atoms with Crippen molar-refractivity contribution in [2.45, 2.75) is 26.1 Å². The number of halogens is 1. The van der Waals surface area contributed by atoms with Crippen LogP contribution in [0.3, 0.4) is 0 Å². The van der Waals surface area contributed by atoms with Gasteiger partial charge in [-0.1, -0.05) is 6.07 Å². The first-order chi connectivity index (χ1) is 17.5. The van der Waals surface area contributed by atoms with Crippen LogP contribution in [-0.2, 0) is 0 Å². The maximum Gasteiger partial charge on any atom is 0.151 e. The number of phenols is 1. The molecular weight excluding hydrogens is 457 g/mol. The van der Waals surface area contributed by atoms with Gasteiger partial charge in [0.1, 0.15) is 17.3 Å². The molecule has 8 nitrogen and oxygen atoms in total. The van der Waals surface area contributed by atoms with E-state index < -0.39 is 12.0 Å². The molecule has 180 valence electrons. The van der Waals surface area contributed by atoms with E-state index in [1.165, 1.54) is 12.1 Å². The molecule has 1 atom stereocenters. The second-order valence-electron chi connectivity index (χ2n) is 9.09. The van der Waals surface area contributed by atoms with E-state index in [0.717, 1.165) is 45.2 Å². The van der Waals surface area contributed by atoms with Gasteiger partial charge < -0.3 is 20.6 Å². The Morgan fingerprint density at radius 3 is 2.78 bits per heavy atom. The van der Waals surface area contributed by atoms with Crippen molar-refractivity contribution < 1.29 is 9.50 Å². The molecule has 5 aromatic rings. The van der Waals surface area contributed by atoms with Gasteiger partial charge in [-0.3, -0.25) is 10.1 Å². The van der Waals surface area contributed by atoms with Crippen LogP contribution in [0.5, 0.6) is 5.75 Å². The molecule has 0 saturated carbocycles. The predicted molar refractivity (Wildman–Crippen MR) is 139 cm³/mol. The second-order valence-corrected chi connectivity index (χ2v) is 9.09. The number of benzene rings is 2. The summed E-state index contributed by atoms with van der Waals surface area (Å²) in [6.45, 7) is 4.17. The molecule has 1 unspecified atom stereocenters. The summed E-state index contributed by atoms with van der Waals surface area (Å²) in [6.07, 6.45) is 4.86. The van der Waals surface area contributed by atoms with Gasteiger partial charge in [0.15, 0.2) is 12.0 Å². The summed E-state index contributed by atoms with van der Waals surface area (Å²) in [5, 5.41) is 25.6. The Hall–Kier alpha value is -4.66. The Bertz CT molecular complexity index is 1560. The normalized spacial score (nSPS) is 14.8. The highest BCUT2D eigenvalue weighted by Crippen LogP contribution is 2.46. The Morgan fingerprint density at radius 2 is 1.94 bits per heavy atom. The van der Waals surface area contributed by atoms with Crippen molar-refractivity contribution in [3.05, 3.63) is 84.7 Å². The quantitative estimate of drug-likeness (QED) is 0.246. The van der Waals surface area contributed by atoms with E-state index in [0.29, 0.717) is 17.5 Å². The van der Waals surface area contributed by atoms with Crippen molar-refractivity contribution in [2.75, 3.05) is 15.5 Å². The Morgan fingerprint density at radius 1 is 1.06 bits per heavy atom. The van der Waals surface area contributed by atoms with Crippen LogP contribution in [0, 0.1) is 5.82 Å². The molecule has 0 fully saturated rings. The fourth-order valence-corrected chi connectivity index (χ4v) is 4.64. The van der Waals surface area contributed by atoms with Crippen LogP contribution in [-0.4, -0.2) is 31.3 Å². The largest absolute Gasteiger partial charge is 0.508 e. The van der Waals surface area contributed by atoms with Gasteiger partial charge in [0.25, 0.3) is 0 Å². The summed E-state index contributed by atoms with van der Waals surface area (Å²) >= 11 is 0. The number of anilines is 4. The highest BCUT2D eigenvalue weighted by molar-refractivity contribution is 5.90. The minimum Gasteiger partial charge on any atom is -0.508 e. The van der Waals surface area contributed by atoms with Gasteiger partial charge in [0.05, 0.1) is 22.6 Å². The minimum absolute atomic E-state index is 0.155. The highest BCUT2D eigenvalue weighted by Gasteiger charge is 2.35. The number of hydrogen-bond donors (Lipinski definition) is 4. The van der Waals surface area contributed by atoms with Crippen LogP contribution >= 0.6 is 0 Å². The molecule has 2 aromatic carbocycles. The molecule has 3 aromatic heterocycles. The number of fused-ring (bicyclic) bond motifs is 2. The van der Waals surface area contributed by atoms with Crippen molar-refractivity contribution in [2.24, 2.45) is 0 Å². The van der Waals surface area contributed by atoms with Crippen molar-refractivity contribution in [1.29, 1.82) is 0 Å². The summed E-state index contributed by atoms with van der Waals surface area (Å²) in [5.74, 6) is -0.0366. The zero-order valence-electron chi connectivity index (χ0n) is 19.7. The number of hydrogen-bond acceptors (Lipinski definition) is 7. The fourth-order valence-electron chi connectivity index (χ4n) is 4.64. The fraction of sp³-hybridized carbons (Fsp3) is 0.148. The molecule has 0 aliphatic carbocycles. The number of pyridine rings is 2. The van der Waals surface area contributed by atoms with Crippen molar-refractivity contribution in [3.63, 3.8) is 0 Å². The maximum atomic E-state index is 14.3. The molecule has 0 radical (unpaired) electrons. The summed E-state index contributed by atoms with van der Waals surface area (Å²) in [4.78, 5) is 10.8. The van der Waals surface area contributed by atoms with Crippen molar-refractivity contribution in [3.8, 4) is 16.9 Å². The molecular formula is C27H24FN7O. The predicted octanol–water partition coefficient (Wildman–Crippen LogP) is 5.95. The lowest BCUT2D eigenvalue weighted by Gasteiger charge is -2.26. The Balaban J connectivity index is 1.46. The topological polar surface area (TPSA) is 102 Å². The van der Waals surface area contributed by atoms with Crippen LogP contribution in [0.1, 0.15) is 25.7 Å². The second kappa shape index (κ2) is 8.53. The molecule has 0 bridgehead atoms. The highest BCUT2D eigenvalue weighted by atomic mass is 19.1. The number of aromatic amines is 1. The number of H-pyrrole nitrogens is 1. The number of phenolic OH excluding ortho intramolecular Hbond substituents is 1.